The molecule has 1 aliphatic rings. The lowest BCUT2D eigenvalue weighted by Gasteiger charge is -2.19. The molecule has 0 aliphatic carbocycles. The number of sulfonamides is 1. The van der Waals surface area contributed by atoms with Gasteiger partial charge in [0, 0.05) is 18.7 Å². The molecule has 0 saturated heterocycles. The Bertz CT molecular complexity index is 1000. The number of hydrogen-bond acceptors (Lipinski definition) is 4. The number of carbonyl (C=O) groups is 1. The Morgan fingerprint density at radius 2 is 1.86 bits per heavy atom. The molecule has 1 amide bonds. The van der Waals surface area contributed by atoms with Gasteiger partial charge in [0.25, 0.3) is 5.91 Å². The van der Waals surface area contributed by atoms with E-state index in [9.17, 15) is 22.0 Å². The van der Waals surface area contributed by atoms with E-state index in [1.54, 1.807) is 26.0 Å². The molecule has 0 aromatic heterocycles. The first-order chi connectivity index (χ1) is 13.7. The number of benzene rings is 2. The van der Waals surface area contributed by atoms with Crippen molar-refractivity contribution in [1.29, 1.82) is 0 Å². The van der Waals surface area contributed by atoms with E-state index in [1.165, 1.54) is 16.4 Å². The summed E-state index contributed by atoms with van der Waals surface area (Å²) >= 11 is 0. The monoisotopic (exact) mass is 424 g/mol. The maximum atomic E-state index is 12.7. The minimum atomic E-state index is -3.57. The Morgan fingerprint density at radius 1 is 1.21 bits per heavy atom. The highest BCUT2D eigenvalue weighted by atomic mass is 32.2. The van der Waals surface area contributed by atoms with Crippen LogP contribution in [0.2, 0.25) is 0 Å². The quantitative estimate of drug-likeness (QED) is 0.741. The maximum Gasteiger partial charge on any atom is 0.387 e. The summed E-state index contributed by atoms with van der Waals surface area (Å²) in [7, 11) is -3.57. The van der Waals surface area contributed by atoms with Crippen LogP contribution in [0, 0.1) is 13.8 Å². The molecular formula is C20H22F2N2O4S. The van der Waals surface area contributed by atoms with Crippen LogP contribution < -0.4 is 14.4 Å². The number of nitrogens with zero attached hydrogens (tertiary/aromatic N) is 1. The van der Waals surface area contributed by atoms with Gasteiger partial charge < -0.3 is 10.1 Å². The highest BCUT2D eigenvalue weighted by molar-refractivity contribution is 7.92. The minimum Gasteiger partial charge on any atom is -0.434 e. The molecule has 3 rings (SSSR count). The smallest absolute Gasteiger partial charge is 0.387 e. The number of halogens is 2. The van der Waals surface area contributed by atoms with Crippen molar-refractivity contribution in [3.05, 3.63) is 58.7 Å². The summed E-state index contributed by atoms with van der Waals surface area (Å²) < 4.78 is 56.1. The van der Waals surface area contributed by atoms with E-state index in [4.69, 9.17) is 0 Å². The molecule has 0 saturated carbocycles. The molecule has 1 heterocycles. The summed E-state index contributed by atoms with van der Waals surface area (Å²) in [6.07, 6.45) is 0.660. The van der Waals surface area contributed by atoms with Crippen LogP contribution in [0.5, 0.6) is 5.75 Å². The molecule has 0 unspecified atom stereocenters. The Balaban J connectivity index is 1.63. The Kier molecular flexibility index (Phi) is 6.07. The molecule has 0 bridgehead atoms. The highest BCUT2D eigenvalue weighted by Crippen LogP contribution is 2.30. The summed E-state index contributed by atoms with van der Waals surface area (Å²) in [5.41, 5.74) is 2.72. The van der Waals surface area contributed by atoms with Gasteiger partial charge in [-0.25, -0.2) is 8.42 Å². The van der Waals surface area contributed by atoms with E-state index >= 15 is 0 Å². The fourth-order valence-electron chi connectivity index (χ4n) is 3.46. The molecule has 1 aliphatic heterocycles. The average Bonchev–Trinajstić information content (AvgIpc) is 3.09. The standard InChI is InChI=1S/C20H22F2N2O4S/c1-13-11-16(12-14(2)18(13)28-20(21)22)19(25)23-8-10-29(26,27)24-9-7-15-5-3-4-6-17(15)24/h3-6,11-12,20H,7-10H2,1-2H3,(H,23,25). The van der Waals surface area contributed by atoms with Crippen molar-refractivity contribution in [1.82, 2.24) is 5.32 Å². The SMILES string of the molecule is Cc1cc(C(=O)NCCS(=O)(=O)N2CCc3ccccc32)cc(C)c1OC(F)F. The van der Waals surface area contributed by atoms with Crippen LogP contribution in [0.4, 0.5) is 14.5 Å². The first kappa shape index (κ1) is 21.0. The van der Waals surface area contributed by atoms with Crippen molar-refractivity contribution in [2.75, 3.05) is 23.1 Å². The van der Waals surface area contributed by atoms with Crippen LogP contribution in [0.1, 0.15) is 27.0 Å². The molecule has 29 heavy (non-hydrogen) atoms. The zero-order valence-electron chi connectivity index (χ0n) is 16.1. The Hall–Kier alpha value is -2.68. The van der Waals surface area contributed by atoms with E-state index in [2.05, 4.69) is 10.1 Å². The van der Waals surface area contributed by atoms with Gasteiger partial charge in [0.2, 0.25) is 10.0 Å². The number of aryl methyl sites for hydroxylation is 2. The van der Waals surface area contributed by atoms with E-state index < -0.39 is 22.5 Å². The van der Waals surface area contributed by atoms with Crippen molar-refractivity contribution >= 4 is 21.6 Å². The number of ether oxygens (including phenoxy) is 1. The fourth-order valence-corrected chi connectivity index (χ4v) is 4.89. The molecule has 0 spiro atoms. The van der Waals surface area contributed by atoms with Crippen molar-refractivity contribution in [3.63, 3.8) is 0 Å². The third kappa shape index (κ3) is 4.67. The van der Waals surface area contributed by atoms with Gasteiger partial charge in [-0.15, -0.1) is 0 Å². The number of rotatable bonds is 7. The van der Waals surface area contributed by atoms with Crippen LogP contribution in [-0.2, 0) is 16.4 Å². The zero-order chi connectivity index (χ0) is 21.2. The van der Waals surface area contributed by atoms with Gasteiger partial charge in [0.05, 0.1) is 11.4 Å². The number of amides is 1. The molecule has 2 aromatic rings. The van der Waals surface area contributed by atoms with Crippen LogP contribution in [-0.4, -0.2) is 39.8 Å². The lowest BCUT2D eigenvalue weighted by atomic mass is 10.1. The molecule has 6 nitrogen and oxygen atoms in total. The van der Waals surface area contributed by atoms with Gasteiger partial charge in [-0.05, 0) is 55.2 Å². The summed E-state index contributed by atoms with van der Waals surface area (Å²) in [6, 6.07) is 10.2. The molecule has 0 atom stereocenters. The number of para-hydroxylation sites is 1. The first-order valence-corrected chi connectivity index (χ1v) is 10.7. The van der Waals surface area contributed by atoms with E-state index in [-0.39, 0.29) is 23.6 Å². The number of hydrogen-bond donors (Lipinski definition) is 1. The van der Waals surface area contributed by atoms with E-state index in [0.717, 1.165) is 5.56 Å². The lowest BCUT2D eigenvalue weighted by Crippen LogP contribution is -2.37. The summed E-state index contributed by atoms with van der Waals surface area (Å²) in [6.45, 7) is 0.508. The van der Waals surface area contributed by atoms with E-state index in [1.807, 2.05) is 12.1 Å². The third-order valence-corrected chi connectivity index (χ3v) is 6.53. The van der Waals surface area contributed by atoms with Crippen molar-refractivity contribution in [2.45, 2.75) is 26.9 Å². The van der Waals surface area contributed by atoms with Gasteiger partial charge in [-0.2, -0.15) is 8.78 Å². The summed E-state index contributed by atoms with van der Waals surface area (Å²) in [5.74, 6) is -0.680. The van der Waals surface area contributed by atoms with Crippen molar-refractivity contribution < 1.29 is 26.7 Å². The first-order valence-electron chi connectivity index (χ1n) is 9.11. The average molecular weight is 424 g/mol. The topological polar surface area (TPSA) is 75.7 Å². The number of alkyl halides is 2. The molecular weight excluding hydrogens is 402 g/mol. The van der Waals surface area contributed by atoms with Gasteiger partial charge in [-0.1, -0.05) is 18.2 Å². The van der Waals surface area contributed by atoms with Gasteiger partial charge in [0.15, 0.2) is 0 Å². The van der Waals surface area contributed by atoms with E-state index in [0.29, 0.717) is 29.8 Å². The molecule has 0 fully saturated rings. The number of anilines is 1. The summed E-state index contributed by atoms with van der Waals surface area (Å²) in [5, 5.41) is 2.58. The minimum absolute atomic E-state index is 0.0341. The number of carbonyl (C=O) groups excluding carboxylic acids is 1. The Labute approximate surface area is 168 Å². The molecule has 0 radical (unpaired) electrons. The highest BCUT2D eigenvalue weighted by Gasteiger charge is 2.28. The fraction of sp³-hybridized carbons (Fsp3) is 0.350. The molecule has 156 valence electrons. The predicted molar refractivity (Wildman–Crippen MR) is 106 cm³/mol. The normalized spacial score (nSPS) is 13.5. The van der Waals surface area contributed by atoms with Gasteiger partial charge >= 0.3 is 6.61 Å². The second kappa shape index (κ2) is 8.36. The maximum absolute atomic E-state index is 12.7. The van der Waals surface area contributed by atoms with Crippen LogP contribution in [0.15, 0.2) is 36.4 Å². The van der Waals surface area contributed by atoms with Crippen molar-refractivity contribution in [3.8, 4) is 5.75 Å². The second-order valence-electron chi connectivity index (χ2n) is 6.84. The third-order valence-electron chi connectivity index (χ3n) is 4.76. The van der Waals surface area contributed by atoms with Crippen molar-refractivity contribution in [2.24, 2.45) is 0 Å². The predicted octanol–water partition coefficient (Wildman–Crippen LogP) is 3.03. The lowest BCUT2D eigenvalue weighted by molar-refractivity contribution is -0.0507. The molecule has 9 heteroatoms. The largest absolute Gasteiger partial charge is 0.434 e. The molecule has 1 N–H and O–H groups in total. The zero-order valence-corrected chi connectivity index (χ0v) is 16.9. The van der Waals surface area contributed by atoms with Gasteiger partial charge in [0.1, 0.15) is 5.75 Å². The van der Waals surface area contributed by atoms with Crippen LogP contribution in [0.25, 0.3) is 0 Å². The number of fused-ring (bicyclic) bond motifs is 1. The van der Waals surface area contributed by atoms with Crippen LogP contribution >= 0.6 is 0 Å². The summed E-state index contributed by atoms with van der Waals surface area (Å²) in [4.78, 5) is 12.4. The van der Waals surface area contributed by atoms with Gasteiger partial charge in [-0.3, -0.25) is 9.10 Å². The second-order valence-corrected chi connectivity index (χ2v) is 8.85. The Morgan fingerprint density at radius 3 is 2.52 bits per heavy atom. The molecule has 2 aromatic carbocycles. The van der Waals surface area contributed by atoms with Crippen LogP contribution in [0.3, 0.4) is 0 Å². The number of nitrogens with one attached hydrogen (secondary N) is 1.